The molecular weight excluding hydrogens is 280 g/mol. The van der Waals surface area contributed by atoms with Crippen LogP contribution < -0.4 is 5.32 Å². The van der Waals surface area contributed by atoms with Crippen LogP contribution in [0.25, 0.3) is 0 Å². The van der Waals surface area contributed by atoms with E-state index >= 15 is 0 Å². The molecule has 0 saturated carbocycles. The Bertz CT molecular complexity index is 446. The van der Waals surface area contributed by atoms with Crippen LogP contribution in [0, 0.1) is 5.92 Å². The van der Waals surface area contributed by atoms with E-state index in [1.807, 2.05) is 37.4 Å². The molecule has 5 nitrogen and oxygen atoms in total. The van der Waals surface area contributed by atoms with Crippen LogP contribution in [0.4, 0.5) is 4.79 Å². The second kappa shape index (κ2) is 8.76. The number of hydrogen-bond donors (Lipinski definition) is 2. The number of amides is 2. The van der Waals surface area contributed by atoms with Gasteiger partial charge in [0, 0.05) is 32.7 Å². The predicted octanol–water partition coefficient (Wildman–Crippen LogP) is 2.18. The van der Waals surface area contributed by atoms with Gasteiger partial charge < -0.3 is 20.1 Å². The minimum absolute atomic E-state index is 0.0665. The SMILES string of the molecule is CN(CC1CCOC1)C(=O)NC(CCCO)c1ccccc1. The summed E-state index contributed by atoms with van der Waals surface area (Å²) < 4.78 is 5.36. The molecule has 0 bridgehead atoms. The number of ether oxygens (including phenoxy) is 1. The molecule has 1 aromatic rings. The summed E-state index contributed by atoms with van der Waals surface area (Å²) >= 11 is 0. The average molecular weight is 306 g/mol. The van der Waals surface area contributed by atoms with Crippen LogP contribution in [0.1, 0.15) is 30.9 Å². The van der Waals surface area contributed by atoms with Crippen LogP contribution in [-0.4, -0.2) is 49.5 Å². The van der Waals surface area contributed by atoms with Gasteiger partial charge in [-0.25, -0.2) is 4.79 Å². The van der Waals surface area contributed by atoms with E-state index in [0.29, 0.717) is 18.9 Å². The maximum absolute atomic E-state index is 12.4. The van der Waals surface area contributed by atoms with Gasteiger partial charge in [0.15, 0.2) is 0 Å². The summed E-state index contributed by atoms with van der Waals surface area (Å²) in [6, 6.07) is 9.77. The largest absolute Gasteiger partial charge is 0.396 e. The number of carbonyl (C=O) groups is 1. The van der Waals surface area contributed by atoms with Gasteiger partial charge in [-0.15, -0.1) is 0 Å². The van der Waals surface area contributed by atoms with E-state index in [1.165, 1.54) is 0 Å². The minimum Gasteiger partial charge on any atom is -0.396 e. The van der Waals surface area contributed by atoms with E-state index in [0.717, 1.165) is 31.6 Å². The Morgan fingerprint density at radius 2 is 2.23 bits per heavy atom. The van der Waals surface area contributed by atoms with Gasteiger partial charge in [-0.3, -0.25) is 0 Å². The van der Waals surface area contributed by atoms with Gasteiger partial charge in [-0.1, -0.05) is 30.3 Å². The number of nitrogens with one attached hydrogen (secondary N) is 1. The average Bonchev–Trinajstić information content (AvgIpc) is 3.05. The second-order valence-corrected chi connectivity index (χ2v) is 5.89. The van der Waals surface area contributed by atoms with Crippen molar-refractivity contribution in [2.75, 3.05) is 33.4 Å². The third-order valence-corrected chi connectivity index (χ3v) is 4.05. The molecule has 1 fully saturated rings. The monoisotopic (exact) mass is 306 g/mol. The first kappa shape index (κ1) is 16.8. The lowest BCUT2D eigenvalue weighted by Crippen LogP contribution is -2.41. The molecule has 1 aromatic carbocycles. The smallest absolute Gasteiger partial charge is 0.317 e. The van der Waals surface area contributed by atoms with E-state index in [1.54, 1.807) is 4.90 Å². The van der Waals surface area contributed by atoms with E-state index in [9.17, 15) is 4.79 Å². The standard InChI is InChI=1S/C17H26N2O3/c1-19(12-14-9-11-22-13-14)17(21)18-16(8-5-10-20)15-6-3-2-4-7-15/h2-4,6-7,14,16,20H,5,8-13H2,1H3,(H,18,21). The molecule has 0 radical (unpaired) electrons. The van der Waals surface area contributed by atoms with Gasteiger partial charge in [0.25, 0.3) is 0 Å². The maximum Gasteiger partial charge on any atom is 0.317 e. The van der Waals surface area contributed by atoms with Crippen molar-refractivity contribution in [3.05, 3.63) is 35.9 Å². The molecule has 2 rings (SSSR count). The molecule has 0 aliphatic carbocycles. The number of benzene rings is 1. The molecule has 2 N–H and O–H groups in total. The summed E-state index contributed by atoms with van der Waals surface area (Å²) in [7, 11) is 1.82. The first-order valence-electron chi connectivity index (χ1n) is 7.96. The van der Waals surface area contributed by atoms with Crippen LogP contribution in [0.3, 0.4) is 0 Å². The molecule has 5 heteroatoms. The summed E-state index contributed by atoms with van der Waals surface area (Å²) in [6.07, 6.45) is 2.41. The molecule has 2 atom stereocenters. The lowest BCUT2D eigenvalue weighted by molar-refractivity contribution is 0.169. The Hall–Kier alpha value is -1.59. The van der Waals surface area contributed by atoms with Crippen molar-refractivity contribution in [3.63, 3.8) is 0 Å². The normalized spacial score (nSPS) is 18.9. The molecule has 2 unspecified atom stereocenters. The molecule has 22 heavy (non-hydrogen) atoms. The van der Waals surface area contributed by atoms with Crippen LogP contribution in [0.15, 0.2) is 30.3 Å². The summed E-state index contributed by atoms with van der Waals surface area (Å²) in [5.41, 5.74) is 1.07. The lowest BCUT2D eigenvalue weighted by atomic mass is 10.0. The zero-order valence-corrected chi connectivity index (χ0v) is 13.2. The Morgan fingerprint density at radius 3 is 2.86 bits per heavy atom. The fraction of sp³-hybridized carbons (Fsp3) is 0.588. The third-order valence-electron chi connectivity index (χ3n) is 4.05. The van der Waals surface area contributed by atoms with Crippen LogP contribution in [-0.2, 0) is 4.74 Å². The zero-order chi connectivity index (χ0) is 15.8. The van der Waals surface area contributed by atoms with Gasteiger partial charge in [0.1, 0.15) is 0 Å². The number of carbonyl (C=O) groups excluding carboxylic acids is 1. The highest BCUT2D eigenvalue weighted by atomic mass is 16.5. The van der Waals surface area contributed by atoms with E-state index in [2.05, 4.69) is 5.32 Å². The second-order valence-electron chi connectivity index (χ2n) is 5.89. The summed E-state index contributed by atoms with van der Waals surface area (Å²) in [5.74, 6) is 0.434. The fourth-order valence-corrected chi connectivity index (χ4v) is 2.76. The molecule has 2 amide bonds. The zero-order valence-electron chi connectivity index (χ0n) is 13.2. The number of urea groups is 1. The van der Waals surface area contributed by atoms with Gasteiger partial charge in [0.05, 0.1) is 12.6 Å². The van der Waals surface area contributed by atoms with Gasteiger partial charge >= 0.3 is 6.03 Å². The van der Waals surface area contributed by atoms with Crippen LogP contribution in [0.5, 0.6) is 0 Å². The van der Waals surface area contributed by atoms with Crippen molar-refractivity contribution < 1.29 is 14.6 Å². The Morgan fingerprint density at radius 1 is 1.45 bits per heavy atom. The fourth-order valence-electron chi connectivity index (χ4n) is 2.76. The Labute approximate surface area is 132 Å². The molecule has 0 spiro atoms. The molecule has 0 aromatic heterocycles. The number of aliphatic hydroxyl groups is 1. The van der Waals surface area contributed by atoms with Crippen molar-refractivity contribution in [2.24, 2.45) is 5.92 Å². The van der Waals surface area contributed by atoms with Crippen molar-refractivity contribution in [3.8, 4) is 0 Å². The topological polar surface area (TPSA) is 61.8 Å². The Kier molecular flexibility index (Phi) is 6.68. The first-order valence-corrected chi connectivity index (χ1v) is 7.96. The highest BCUT2D eigenvalue weighted by molar-refractivity contribution is 5.74. The molecule has 1 saturated heterocycles. The van der Waals surface area contributed by atoms with Gasteiger partial charge in [0.2, 0.25) is 0 Å². The van der Waals surface area contributed by atoms with E-state index < -0.39 is 0 Å². The van der Waals surface area contributed by atoms with Crippen molar-refractivity contribution in [2.45, 2.75) is 25.3 Å². The predicted molar refractivity (Wildman–Crippen MR) is 85.6 cm³/mol. The first-order chi connectivity index (χ1) is 10.7. The number of nitrogens with zero attached hydrogens (tertiary/aromatic N) is 1. The highest BCUT2D eigenvalue weighted by Crippen LogP contribution is 2.19. The van der Waals surface area contributed by atoms with Crippen molar-refractivity contribution >= 4 is 6.03 Å². The Balaban J connectivity index is 1.91. The molecule has 1 heterocycles. The summed E-state index contributed by atoms with van der Waals surface area (Å²) in [6.45, 7) is 2.38. The third kappa shape index (κ3) is 5.00. The maximum atomic E-state index is 12.4. The van der Waals surface area contributed by atoms with Crippen LogP contribution in [0.2, 0.25) is 0 Å². The van der Waals surface area contributed by atoms with Gasteiger partial charge in [-0.2, -0.15) is 0 Å². The number of aliphatic hydroxyl groups excluding tert-OH is 1. The number of rotatable bonds is 7. The van der Waals surface area contributed by atoms with Gasteiger partial charge in [-0.05, 0) is 24.8 Å². The lowest BCUT2D eigenvalue weighted by Gasteiger charge is -2.25. The molecule has 122 valence electrons. The summed E-state index contributed by atoms with van der Waals surface area (Å²) in [4.78, 5) is 14.1. The van der Waals surface area contributed by atoms with Crippen molar-refractivity contribution in [1.29, 1.82) is 0 Å². The van der Waals surface area contributed by atoms with Crippen molar-refractivity contribution in [1.82, 2.24) is 10.2 Å². The van der Waals surface area contributed by atoms with E-state index in [-0.39, 0.29) is 18.7 Å². The number of hydrogen-bond acceptors (Lipinski definition) is 3. The molecule has 1 aliphatic rings. The van der Waals surface area contributed by atoms with E-state index in [4.69, 9.17) is 9.84 Å². The highest BCUT2D eigenvalue weighted by Gasteiger charge is 2.22. The minimum atomic E-state index is -0.0707. The summed E-state index contributed by atoms with van der Waals surface area (Å²) in [5, 5.41) is 12.1. The molecule has 1 aliphatic heterocycles. The molecular formula is C17H26N2O3. The quantitative estimate of drug-likeness (QED) is 0.811. The van der Waals surface area contributed by atoms with Crippen LogP contribution >= 0.6 is 0 Å².